The molecule has 0 bridgehead atoms. The van der Waals surface area contributed by atoms with E-state index in [1.54, 1.807) is 6.20 Å². The highest BCUT2D eigenvalue weighted by molar-refractivity contribution is 5.69. The number of piperidine rings is 1. The molecule has 0 saturated carbocycles. The molecule has 25 heavy (non-hydrogen) atoms. The predicted octanol–water partition coefficient (Wildman–Crippen LogP) is 3.29. The Balaban J connectivity index is 1.46. The lowest BCUT2D eigenvalue weighted by Gasteiger charge is -2.27. The average Bonchev–Trinajstić information content (AvgIpc) is 3.12. The zero-order valence-corrected chi connectivity index (χ0v) is 14.1. The fourth-order valence-corrected chi connectivity index (χ4v) is 3.19. The smallest absolute Gasteiger partial charge is 0.170 e. The molecule has 6 heteroatoms. The molecule has 2 N–H and O–H groups in total. The summed E-state index contributed by atoms with van der Waals surface area (Å²) in [6.45, 7) is 2.21. The van der Waals surface area contributed by atoms with Gasteiger partial charge in [-0.3, -0.25) is 0 Å². The van der Waals surface area contributed by atoms with Gasteiger partial charge in [0.05, 0.1) is 11.3 Å². The number of nitrogens with zero attached hydrogens (tertiary/aromatic N) is 4. The Labute approximate surface area is 146 Å². The van der Waals surface area contributed by atoms with Gasteiger partial charge < -0.3 is 15.2 Å². The summed E-state index contributed by atoms with van der Waals surface area (Å²) >= 11 is 0. The van der Waals surface area contributed by atoms with Gasteiger partial charge in [0.15, 0.2) is 5.76 Å². The van der Waals surface area contributed by atoms with Crippen LogP contribution in [-0.4, -0.2) is 28.2 Å². The maximum atomic E-state index is 5.89. The number of aromatic nitrogens is 3. The van der Waals surface area contributed by atoms with Crippen LogP contribution in [0.25, 0.3) is 11.3 Å². The first-order valence-electron chi connectivity index (χ1n) is 8.66. The van der Waals surface area contributed by atoms with E-state index in [2.05, 4.69) is 32.2 Å². The van der Waals surface area contributed by atoms with Gasteiger partial charge >= 0.3 is 0 Å². The van der Waals surface area contributed by atoms with Gasteiger partial charge in [-0.1, -0.05) is 11.2 Å². The number of hydrogen-bond acceptors (Lipinski definition) is 6. The highest BCUT2D eigenvalue weighted by Gasteiger charge is 2.13. The topological polar surface area (TPSA) is 81.1 Å². The third-order valence-electron chi connectivity index (χ3n) is 4.54. The average molecular weight is 335 g/mol. The van der Waals surface area contributed by atoms with E-state index in [-0.39, 0.29) is 0 Å². The van der Waals surface area contributed by atoms with Crippen LogP contribution in [0.2, 0.25) is 0 Å². The van der Waals surface area contributed by atoms with E-state index in [0.717, 1.165) is 35.7 Å². The van der Waals surface area contributed by atoms with Gasteiger partial charge in [0, 0.05) is 38.0 Å². The maximum absolute atomic E-state index is 5.89. The molecule has 0 radical (unpaired) electrons. The van der Waals surface area contributed by atoms with Crippen molar-refractivity contribution in [1.29, 1.82) is 0 Å². The number of rotatable bonds is 4. The van der Waals surface area contributed by atoms with Crippen LogP contribution in [0.4, 0.5) is 11.6 Å². The minimum Gasteiger partial charge on any atom is -0.383 e. The van der Waals surface area contributed by atoms with Crippen molar-refractivity contribution >= 4 is 11.6 Å². The molecule has 0 spiro atoms. The molecule has 0 atom stereocenters. The lowest BCUT2D eigenvalue weighted by Crippen LogP contribution is -2.30. The van der Waals surface area contributed by atoms with Gasteiger partial charge in [-0.25, -0.2) is 9.97 Å². The monoisotopic (exact) mass is 335 g/mol. The Kier molecular flexibility index (Phi) is 4.33. The highest BCUT2D eigenvalue weighted by Crippen LogP contribution is 2.25. The summed E-state index contributed by atoms with van der Waals surface area (Å²) in [5, 5.41) is 4.14. The Morgan fingerprint density at radius 3 is 2.72 bits per heavy atom. The third-order valence-corrected chi connectivity index (χ3v) is 4.54. The molecule has 3 aromatic heterocycles. The maximum Gasteiger partial charge on any atom is 0.170 e. The zero-order chi connectivity index (χ0) is 17.1. The van der Waals surface area contributed by atoms with Gasteiger partial charge in [-0.15, -0.1) is 0 Å². The van der Waals surface area contributed by atoms with Crippen LogP contribution >= 0.6 is 0 Å². The van der Waals surface area contributed by atoms with Crippen LogP contribution < -0.4 is 10.6 Å². The van der Waals surface area contributed by atoms with Gasteiger partial charge in [0.25, 0.3) is 0 Å². The number of hydrogen-bond donors (Lipinski definition) is 1. The molecule has 1 saturated heterocycles. The minimum atomic E-state index is 0.442. The number of pyridine rings is 2. The SMILES string of the molecule is Nc1ncccc1-c1cc(Cc2ccc(N3CCCCC3)nc2)no1. The van der Waals surface area contributed by atoms with E-state index in [1.165, 1.54) is 19.3 Å². The lowest BCUT2D eigenvalue weighted by atomic mass is 10.1. The van der Waals surface area contributed by atoms with Crippen molar-refractivity contribution in [3.05, 3.63) is 54.0 Å². The molecule has 128 valence electrons. The van der Waals surface area contributed by atoms with Crippen LogP contribution in [0, 0.1) is 0 Å². The number of nitrogens with two attached hydrogens (primary N) is 1. The lowest BCUT2D eigenvalue weighted by molar-refractivity contribution is 0.425. The third kappa shape index (κ3) is 3.47. The second-order valence-electron chi connectivity index (χ2n) is 6.37. The van der Waals surface area contributed by atoms with Crippen LogP contribution in [0.5, 0.6) is 0 Å². The normalized spacial score (nSPS) is 14.6. The summed E-state index contributed by atoms with van der Waals surface area (Å²) in [7, 11) is 0. The van der Waals surface area contributed by atoms with Crippen molar-refractivity contribution < 1.29 is 4.52 Å². The van der Waals surface area contributed by atoms with Crippen LogP contribution in [0.3, 0.4) is 0 Å². The number of nitrogen functional groups attached to an aromatic ring is 1. The van der Waals surface area contributed by atoms with Gasteiger partial charge in [-0.2, -0.15) is 0 Å². The van der Waals surface area contributed by atoms with E-state index < -0.39 is 0 Å². The van der Waals surface area contributed by atoms with Crippen molar-refractivity contribution in [2.45, 2.75) is 25.7 Å². The molecule has 6 nitrogen and oxygen atoms in total. The summed E-state index contributed by atoms with van der Waals surface area (Å²) in [5.41, 5.74) is 8.62. The van der Waals surface area contributed by atoms with Crippen molar-refractivity contribution in [1.82, 2.24) is 15.1 Å². The molecule has 1 fully saturated rings. The van der Waals surface area contributed by atoms with Crippen LogP contribution in [0.15, 0.2) is 47.2 Å². The van der Waals surface area contributed by atoms with E-state index in [9.17, 15) is 0 Å². The highest BCUT2D eigenvalue weighted by atomic mass is 16.5. The van der Waals surface area contributed by atoms with Crippen LogP contribution in [0.1, 0.15) is 30.5 Å². The molecule has 0 aromatic carbocycles. The fourth-order valence-electron chi connectivity index (χ4n) is 3.19. The Morgan fingerprint density at radius 1 is 1.08 bits per heavy atom. The van der Waals surface area contributed by atoms with Crippen molar-refractivity contribution in [2.75, 3.05) is 23.7 Å². The second kappa shape index (κ2) is 6.93. The first kappa shape index (κ1) is 15.6. The Bertz CT molecular complexity index is 837. The summed E-state index contributed by atoms with van der Waals surface area (Å²) in [5.74, 6) is 2.14. The first-order valence-corrected chi connectivity index (χ1v) is 8.66. The van der Waals surface area contributed by atoms with Crippen molar-refractivity contribution in [2.24, 2.45) is 0 Å². The molecule has 0 amide bonds. The number of anilines is 2. The Morgan fingerprint density at radius 2 is 1.96 bits per heavy atom. The van der Waals surface area contributed by atoms with Crippen molar-refractivity contribution in [3.8, 4) is 11.3 Å². The van der Waals surface area contributed by atoms with E-state index in [1.807, 2.05) is 24.4 Å². The van der Waals surface area contributed by atoms with Crippen molar-refractivity contribution in [3.63, 3.8) is 0 Å². The molecule has 0 unspecified atom stereocenters. The summed E-state index contributed by atoms with van der Waals surface area (Å²) in [6, 6.07) is 9.83. The van der Waals surface area contributed by atoms with Gasteiger partial charge in [0.1, 0.15) is 11.6 Å². The molecule has 1 aliphatic heterocycles. The molecule has 3 aromatic rings. The standard InChI is InChI=1S/C19H21N5O/c20-19-16(5-4-8-21-19)17-12-15(23-25-17)11-14-6-7-18(22-13-14)24-9-2-1-3-10-24/h4-8,12-13H,1-3,9-11H2,(H2,20,21). The quantitative estimate of drug-likeness (QED) is 0.788. The second-order valence-corrected chi connectivity index (χ2v) is 6.37. The van der Waals surface area contributed by atoms with E-state index >= 15 is 0 Å². The fraction of sp³-hybridized carbons (Fsp3) is 0.316. The summed E-state index contributed by atoms with van der Waals surface area (Å²) in [6.07, 6.45) is 8.09. The van der Waals surface area contributed by atoms with Gasteiger partial charge in [0.2, 0.25) is 0 Å². The van der Waals surface area contributed by atoms with E-state index in [4.69, 9.17) is 10.3 Å². The Hall–Kier alpha value is -2.89. The molecule has 1 aliphatic rings. The molecule has 4 rings (SSSR count). The van der Waals surface area contributed by atoms with Gasteiger partial charge in [-0.05, 0) is 43.0 Å². The van der Waals surface area contributed by atoms with Crippen LogP contribution in [-0.2, 0) is 6.42 Å². The molecular formula is C19H21N5O. The minimum absolute atomic E-state index is 0.442. The molecule has 4 heterocycles. The predicted molar refractivity (Wildman–Crippen MR) is 97.3 cm³/mol. The first-order chi connectivity index (χ1) is 12.3. The van der Waals surface area contributed by atoms with E-state index in [0.29, 0.717) is 18.0 Å². The zero-order valence-electron chi connectivity index (χ0n) is 14.1. The summed E-state index contributed by atoms with van der Waals surface area (Å²) in [4.78, 5) is 11.0. The molecular weight excluding hydrogens is 314 g/mol. The molecule has 0 aliphatic carbocycles. The largest absolute Gasteiger partial charge is 0.383 e. The summed E-state index contributed by atoms with van der Waals surface area (Å²) < 4.78 is 5.42.